The fraction of sp³-hybridized carbons (Fsp3) is 0.250. The largest absolute Gasteiger partial charge is 0.488 e. The van der Waals surface area contributed by atoms with Gasteiger partial charge in [-0.2, -0.15) is 13.2 Å². The molecule has 8 heteroatoms. The molecule has 0 heterocycles. The zero-order valence-electron chi connectivity index (χ0n) is 7.84. The molecule has 1 aromatic carbocycles. The molecule has 0 saturated heterocycles. The molecule has 0 bridgehead atoms. The van der Waals surface area contributed by atoms with E-state index in [-0.39, 0.29) is 12.1 Å². The monoisotopic (exact) mass is 239 g/mol. The van der Waals surface area contributed by atoms with E-state index in [2.05, 4.69) is 4.74 Å². The van der Waals surface area contributed by atoms with Crippen molar-refractivity contribution in [3.05, 3.63) is 33.6 Å². The molecule has 0 N–H and O–H groups in total. The molecule has 0 aliphatic heterocycles. The first kappa shape index (κ1) is 12.2. The van der Waals surface area contributed by atoms with E-state index in [1.54, 1.807) is 0 Å². The highest BCUT2D eigenvalue weighted by Gasteiger charge is 2.35. The van der Waals surface area contributed by atoms with Gasteiger partial charge in [0.25, 0.3) is 0 Å². The van der Waals surface area contributed by atoms with Crippen molar-refractivity contribution in [1.29, 1.82) is 0 Å². The lowest BCUT2D eigenvalue weighted by Gasteiger charge is -2.09. The van der Waals surface area contributed by atoms with Crippen LogP contribution in [0.2, 0.25) is 0 Å². The van der Waals surface area contributed by atoms with E-state index in [9.17, 15) is 27.7 Å². The average molecular weight is 239 g/mol. The Hall–Kier alpha value is -1.86. The van der Waals surface area contributed by atoms with Gasteiger partial charge in [0.15, 0.2) is 5.82 Å². The topological polar surface area (TPSA) is 52.4 Å². The second-order valence-corrected chi connectivity index (χ2v) is 2.77. The highest BCUT2D eigenvalue weighted by molar-refractivity contribution is 5.50. The van der Waals surface area contributed by atoms with E-state index in [1.165, 1.54) is 0 Å². The van der Waals surface area contributed by atoms with Crippen molar-refractivity contribution < 1.29 is 27.2 Å². The van der Waals surface area contributed by atoms with Crippen LogP contribution in [0.3, 0.4) is 0 Å². The van der Waals surface area contributed by atoms with Crippen LogP contribution in [0.4, 0.5) is 23.2 Å². The van der Waals surface area contributed by atoms with E-state index in [4.69, 9.17) is 0 Å². The van der Waals surface area contributed by atoms with Crippen molar-refractivity contribution in [2.45, 2.75) is 6.18 Å². The van der Waals surface area contributed by atoms with Crippen molar-refractivity contribution in [3.8, 4) is 5.75 Å². The minimum atomic E-state index is -4.85. The summed E-state index contributed by atoms with van der Waals surface area (Å²) in [6.07, 6.45) is -4.85. The maximum atomic E-state index is 13.1. The van der Waals surface area contributed by atoms with E-state index in [1.807, 2.05) is 0 Å². The first-order chi connectivity index (χ1) is 7.27. The summed E-state index contributed by atoms with van der Waals surface area (Å²) in [4.78, 5) is 9.26. The molecule has 0 saturated carbocycles. The minimum Gasteiger partial charge on any atom is -0.488 e. The van der Waals surface area contributed by atoms with Crippen molar-refractivity contribution >= 4 is 5.69 Å². The smallest absolute Gasteiger partial charge is 0.416 e. The number of methoxy groups -OCH3 is 1. The summed E-state index contributed by atoms with van der Waals surface area (Å²) in [5.41, 5.74) is -2.49. The van der Waals surface area contributed by atoms with E-state index in [0.717, 1.165) is 7.11 Å². The predicted octanol–water partition coefficient (Wildman–Crippen LogP) is 2.76. The molecule has 0 aromatic heterocycles. The van der Waals surface area contributed by atoms with Gasteiger partial charge < -0.3 is 4.74 Å². The lowest BCUT2D eigenvalue weighted by Crippen LogP contribution is -2.07. The zero-order chi connectivity index (χ0) is 12.5. The van der Waals surface area contributed by atoms with Crippen LogP contribution in [-0.4, -0.2) is 12.0 Å². The van der Waals surface area contributed by atoms with Gasteiger partial charge in [-0.25, -0.2) is 4.39 Å². The number of nitro benzene ring substituents is 1. The Morgan fingerprint density at radius 2 is 1.94 bits per heavy atom. The third-order valence-electron chi connectivity index (χ3n) is 1.75. The van der Waals surface area contributed by atoms with Crippen LogP contribution >= 0.6 is 0 Å². The van der Waals surface area contributed by atoms with Gasteiger partial charge in [-0.15, -0.1) is 0 Å². The average Bonchev–Trinajstić information content (AvgIpc) is 2.14. The van der Waals surface area contributed by atoms with Gasteiger partial charge in [-0.3, -0.25) is 10.1 Å². The Kier molecular flexibility index (Phi) is 3.02. The molecule has 4 nitrogen and oxygen atoms in total. The van der Waals surface area contributed by atoms with Gasteiger partial charge in [-0.05, 0) is 6.07 Å². The fourth-order valence-electron chi connectivity index (χ4n) is 1.08. The maximum Gasteiger partial charge on any atom is 0.416 e. The summed E-state index contributed by atoms with van der Waals surface area (Å²) >= 11 is 0. The number of nitrogens with zero attached hydrogens (tertiary/aromatic N) is 1. The molecule has 16 heavy (non-hydrogen) atoms. The quantitative estimate of drug-likeness (QED) is 0.453. The van der Waals surface area contributed by atoms with Gasteiger partial charge in [-0.1, -0.05) is 0 Å². The molecule has 0 unspecified atom stereocenters. The van der Waals surface area contributed by atoms with Gasteiger partial charge in [0.2, 0.25) is 5.75 Å². The Morgan fingerprint density at radius 3 is 2.31 bits per heavy atom. The number of ether oxygens (including phenoxy) is 1. The van der Waals surface area contributed by atoms with Gasteiger partial charge >= 0.3 is 11.9 Å². The molecule has 1 aromatic rings. The summed E-state index contributed by atoms with van der Waals surface area (Å²) in [6, 6.07) is 0.369. The number of hydrogen-bond donors (Lipinski definition) is 0. The maximum absolute atomic E-state index is 13.1. The molecule has 0 atom stereocenters. The summed E-state index contributed by atoms with van der Waals surface area (Å²) in [5.74, 6) is -2.25. The summed E-state index contributed by atoms with van der Waals surface area (Å²) in [7, 11) is 0.929. The number of alkyl halides is 3. The van der Waals surface area contributed by atoms with E-state index < -0.39 is 33.9 Å². The molecule has 0 aliphatic rings. The van der Waals surface area contributed by atoms with Crippen LogP contribution in [-0.2, 0) is 6.18 Å². The van der Waals surface area contributed by atoms with E-state index >= 15 is 0 Å². The van der Waals surface area contributed by atoms with Crippen molar-refractivity contribution in [3.63, 3.8) is 0 Å². The molecular weight excluding hydrogens is 234 g/mol. The summed E-state index contributed by atoms with van der Waals surface area (Å²) in [6.45, 7) is 0. The molecule has 0 radical (unpaired) electrons. The molecule has 0 spiro atoms. The van der Waals surface area contributed by atoms with Crippen molar-refractivity contribution in [1.82, 2.24) is 0 Å². The summed E-state index contributed by atoms with van der Waals surface area (Å²) < 4.78 is 54.0. The zero-order valence-corrected chi connectivity index (χ0v) is 7.84. The van der Waals surface area contributed by atoms with Crippen molar-refractivity contribution in [2.24, 2.45) is 0 Å². The third kappa shape index (κ3) is 2.20. The lowest BCUT2D eigenvalue weighted by molar-refractivity contribution is -0.386. The minimum absolute atomic E-state index is 0.145. The van der Waals surface area contributed by atoms with Gasteiger partial charge in [0.05, 0.1) is 17.6 Å². The van der Waals surface area contributed by atoms with Gasteiger partial charge in [0.1, 0.15) is 0 Å². The molecular formula is C8H5F4NO3. The molecule has 0 fully saturated rings. The third-order valence-corrected chi connectivity index (χ3v) is 1.75. The van der Waals surface area contributed by atoms with Crippen LogP contribution in [0, 0.1) is 15.9 Å². The Labute approximate surface area is 86.6 Å². The first-order valence-electron chi connectivity index (χ1n) is 3.86. The Bertz CT molecular complexity index is 430. The Morgan fingerprint density at radius 1 is 1.38 bits per heavy atom. The molecule has 0 aliphatic carbocycles. The van der Waals surface area contributed by atoms with E-state index in [0.29, 0.717) is 0 Å². The Balaban J connectivity index is 3.46. The number of rotatable bonds is 2. The molecule has 1 rings (SSSR count). The van der Waals surface area contributed by atoms with Crippen LogP contribution in [0.15, 0.2) is 12.1 Å². The van der Waals surface area contributed by atoms with Crippen molar-refractivity contribution in [2.75, 3.05) is 7.11 Å². The van der Waals surface area contributed by atoms with Crippen LogP contribution < -0.4 is 4.74 Å². The van der Waals surface area contributed by atoms with Crippen LogP contribution in [0.5, 0.6) is 5.75 Å². The second-order valence-electron chi connectivity index (χ2n) is 2.77. The molecule has 88 valence electrons. The number of hydrogen-bond acceptors (Lipinski definition) is 3. The standard InChI is InChI=1S/C8H5F4NO3/c1-16-7-5(9)2-4(8(10,11)12)3-6(7)13(14)15/h2-3H,1H3. The second kappa shape index (κ2) is 3.95. The predicted molar refractivity (Wildman–Crippen MR) is 44.6 cm³/mol. The summed E-state index contributed by atoms with van der Waals surface area (Å²) in [5, 5.41) is 10.4. The number of benzene rings is 1. The fourth-order valence-corrected chi connectivity index (χ4v) is 1.08. The molecule has 0 amide bonds. The number of nitro groups is 1. The SMILES string of the molecule is COc1c(F)cc(C(F)(F)F)cc1[N+](=O)[O-]. The lowest BCUT2D eigenvalue weighted by atomic mass is 10.1. The highest BCUT2D eigenvalue weighted by Crippen LogP contribution is 2.37. The van der Waals surface area contributed by atoms with Crippen LogP contribution in [0.1, 0.15) is 5.56 Å². The van der Waals surface area contributed by atoms with Gasteiger partial charge in [0, 0.05) is 6.07 Å². The number of halogens is 4. The van der Waals surface area contributed by atoms with Crippen LogP contribution in [0.25, 0.3) is 0 Å². The normalized spacial score (nSPS) is 11.3. The highest BCUT2D eigenvalue weighted by atomic mass is 19.4. The first-order valence-corrected chi connectivity index (χ1v) is 3.86.